The lowest BCUT2D eigenvalue weighted by Gasteiger charge is -2.37. The van der Waals surface area contributed by atoms with E-state index in [-0.39, 0.29) is 5.41 Å². The van der Waals surface area contributed by atoms with Gasteiger partial charge in [-0.2, -0.15) is 5.26 Å². The summed E-state index contributed by atoms with van der Waals surface area (Å²) < 4.78 is 0. The third-order valence-electron chi connectivity index (χ3n) is 5.69. The highest BCUT2D eigenvalue weighted by atomic mass is 15.2. The van der Waals surface area contributed by atoms with Gasteiger partial charge >= 0.3 is 0 Å². The van der Waals surface area contributed by atoms with Crippen LogP contribution in [0.25, 0.3) is 0 Å². The van der Waals surface area contributed by atoms with Crippen LogP contribution < -0.4 is 5.32 Å². The van der Waals surface area contributed by atoms with Gasteiger partial charge in [0.15, 0.2) is 0 Å². The Kier molecular flexibility index (Phi) is 7.35. The number of aromatic nitrogens is 3. The van der Waals surface area contributed by atoms with Crippen molar-refractivity contribution in [2.45, 2.75) is 46.6 Å². The molecule has 2 aromatic heterocycles. The van der Waals surface area contributed by atoms with E-state index in [9.17, 15) is 0 Å². The highest BCUT2D eigenvalue weighted by Gasteiger charge is 2.32. The Morgan fingerprint density at radius 2 is 2.03 bits per heavy atom. The molecule has 0 radical (unpaired) electrons. The van der Waals surface area contributed by atoms with Gasteiger partial charge in [-0.05, 0) is 56.1 Å². The SMILES string of the molecule is CCN(CC)CC(C)(C)CN1CCC[C@H]1c1ccnc(Nc2ccc(C#N)nc2)n1. The van der Waals surface area contributed by atoms with Crippen LogP contribution in [-0.4, -0.2) is 57.5 Å². The van der Waals surface area contributed by atoms with E-state index in [4.69, 9.17) is 10.2 Å². The van der Waals surface area contributed by atoms with Gasteiger partial charge in [-0.15, -0.1) is 0 Å². The van der Waals surface area contributed by atoms with E-state index in [0.717, 1.165) is 50.5 Å². The number of anilines is 2. The Labute approximate surface area is 180 Å². The number of rotatable bonds is 9. The lowest BCUT2D eigenvalue weighted by Crippen LogP contribution is -2.42. The largest absolute Gasteiger partial charge is 0.323 e. The fourth-order valence-corrected chi connectivity index (χ4v) is 4.28. The summed E-state index contributed by atoms with van der Waals surface area (Å²) in [5.74, 6) is 0.563. The first-order valence-electron chi connectivity index (χ1n) is 10.9. The van der Waals surface area contributed by atoms with Gasteiger partial charge in [-0.1, -0.05) is 27.7 Å². The van der Waals surface area contributed by atoms with Crippen molar-refractivity contribution in [3.8, 4) is 6.07 Å². The topological polar surface area (TPSA) is 81.0 Å². The molecule has 1 aliphatic heterocycles. The van der Waals surface area contributed by atoms with Gasteiger partial charge in [0.25, 0.3) is 0 Å². The fraction of sp³-hybridized carbons (Fsp3) is 0.565. The van der Waals surface area contributed by atoms with Crippen LogP contribution in [0, 0.1) is 16.7 Å². The molecule has 160 valence electrons. The molecule has 0 bridgehead atoms. The average molecular weight is 408 g/mol. The predicted molar refractivity (Wildman–Crippen MR) is 119 cm³/mol. The van der Waals surface area contributed by atoms with Crippen molar-refractivity contribution in [3.05, 3.63) is 42.0 Å². The Balaban J connectivity index is 1.69. The molecule has 7 nitrogen and oxygen atoms in total. The minimum Gasteiger partial charge on any atom is -0.323 e. The second-order valence-corrected chi connectivity index (χ2v) is 8.73. The predicted octanol–water partition coefficient (Wildman–Crippen LogP) is 3.99. The molecule has 1 N–H and O–H groups in total. The van der Waals surface area contributed by atoms with Crippen molar-refractivity contribution >= 4 is 11.6 Å². The minimum absolute atomic E-state index is 0.219. The standard InChI is InChI=1S/C23H33N7/c1-5-29(6-2)16-23(3,4)17-30-13-7-8-21(30)20-11-12-25-22(28-20)27-19-10-9-18(14-24)26-15-19/h9-12,15,21H,5-8,13,16-17H2,1-4H3,(H,25,27,28)/t21-/m0/s1. The van der Waals surface area contributed by atoms with Gasteiger partial charge in [0.2, 0.25) is 5.95 Å². The third-order valence-corrected chi connectivity index (χ3v) is 5.69. The van der Waals surface area contributed by atoms with Crippen LogP contribution in [-0.2, 0) is 0 Å². The Bertz CT molecular complexity index is 853. The number of pyridine rings is 1. The summed E-state index contributed by atoms with van der Waals surface area (Å²) in [5, 5.41) is 12.1. The number of nitrogens with zero attached hydrogens (tertiary/aromatic N) is 6. The number of hydrogen-bond donors (Lipinski definition) is 1. The van der Waals surface area contributed by atoms with E-state index >= 15 is 0 Å². The van der Waals surface area contributed by atoms with E-state index < -0.39 is 0 Å². The van der Waals surface area contributed by atoms with Crippen LogP contribution >= 0.6 is 0 Å². The Morgan fingerprint density at radius 1 is 1.23 bits per heavy atom. The van der Waals surface area contributed by atoms with Gasteiger partial charge in [-0.3, -0.25) is 4.90 Å². The van der Waals surface area contributed by atoms with Gasteiger partial charge in [0.05, 0.1) is 23.6 Å². The van der Waals surface area contributed by atoms with Crippen LogP contribution in [0.15, 0.2) is 30.6 Å². The molecule has 3 rings (SSSR count). The minimum atomic E-state index is 0.219. The zero-order valence-corrected chi connectivity index (χ0v) is 18.6. The molecule has 0 aromatic carbocycles. The highest BCUT2D eigenvalue weighted by Crippen LogP contribution is 2.34. The molecular weight excluding hydrogens is 374 g/mol. The number of hydrogen-bond acceptors (Lipinski definition) is 7. The number of likely N-dealkylation sites (tertiary alicyclic amines) is 1. The lowest BCUT2D eigenvalue weighted by atomic mass is 9.91. The van der Waals surface area contributed by atoms with Crippen LogP contribution in [0.5, 0.6) is 0 Å². The first-order valence-corrected chi connectivity index (χ1v) is 10.9. The molecule has 0 amide bonds. The normalized spacial score (nSPS) is 17.3. The van der Waals surface area contributed by atoms with Crippen molar-refractivity contribution in [1.29, 1.82) is 5.26 Å². The summed E-state index contributed by atoms with van der Waals surface area (Å²) in [6.45, 7) is 14.7. The molecule has 1 aliphatic rings. The smallest absolute Gasteiger partial charge is 0.227 e. The summed E-state index contributed by atoms with van der Waals surface area (Å²) in [4.78, 5) is 18.3. The zero-order valence-electron chi connectivity index (χ0n) is 18.6. The van der Waals surface area contributed by atoms with Gasteiger partial charge in [-0.25, -0.2) is 15.0 Å². The monoisotopic (exact) mass is 407 g/mol. The molecule has 3 heterocycles. The summed E-state index contributed by atoms with van der Waals surface area (Å²) in [6.07, 6.45) is 5.76. The van der Waals surface area contributed by atoms with Crippen molar-refractivity contribution in [2.75, 3.05) is 38.0 Å². The van der Waals surface area contributed by atoms with Crippen molar-refractivity contribution in [3.63, 3.8) is 0 Å². The summed E-state index contributed by atoms with van der Waals surface area (Å²) >= 11 is 0. The van der Waals surface area contributed by atoms with E-state index in [1.54, 1.807) is 12.3 Å². The summed E-state index contributed by atoms with van der Waals surface area (Å²) in [7, 11) is 0. The fourth-order valence-electron chi connectivity index (χ4n) is 4.28. The number of nitrogens with one attached hydrogen (secondary N) is 1. The molecule has 0 unspecified atom stereocenters. The maximum absolute atomic E-state index is 8.89. The van der Waals surface area contributed by atoms with Crippen molar-refractivity contribution < 1.29 is 0 Å². The molecule has 0 aliphatic carbocycles. The molecule has 7 heteroatoms. The van der Waals surface area contributed by atoms with Gasteiger partial charge in [0.1, 0.15) is 11.8 Å². The molecule has 1 atom stereocenters. The first kappa shape index (κ1) is 22.1. The van der Waals surface area contributed by atoms with Crippen molar-refractivity contribution in [1.82, 2.24) is 24.8 Å². The maximum atomic E-state index is 8.89. The van der Waals surface area contributed by atoms with Gasteiger partial charge in [0, 0.05) is 19.3 Å². The summed E-state index contributed by atoms with van der Waals surface area (Å²) in [5.41, 5.74) is 2.45. The second-order valence-electron chi connectivity index (χ2n) is 8.73. The van der Waals surface area contributed by atoms with Crippen LogP contribution in [0.4, 0.5) is 11.6 Å². The Morgan fingerprint density at radius 3 is 2.70 bits per heavy atom. The molecule has 0 saturated carbocycles. The van der Waals surface area contributed by atoms with Crippen LogP contribution in [0.2, 0.25) is 0 Å². The quantitative estimate of drug-likeness (QED) is 0.673. The van der Waals surface area contributed by atoms with Crippen LogP contribution in [0.3, 0.4) is 0 Å². The first-order chi connectivity index (χ1) is 14.4. The second kappa shape index (κ2) is 9.96. The molecule has 0 spiro atoms. The van der Waals surface area contributed by atoms with Crippen LogP contribution in [0.1, 0.15) is 58.0 Å². The van der Waals surface area contributed by atoms with E-state index in [0.29, 0.717) is 17.7 Å². The van der Waals surface area contributed by atoms with E-state index in [2.05, 4.69) is 52.8 Å². The van der Waals surface area contributed by atoms with E-state index in [1.807, 2.05) is 24.4 Å². The molecule has 2 aromatic rings. The van der Waals surface area contributed by atoms with Gasteiger partial charge < -0.3 is 10.2 Å². The zero-order chi connectivity index (χ0) is 21.6. The maximum Gasteiger partial charge on any atom is 0.227 e. The average Bonchev–Trinajstić information content (AvgIpc) is 3.20. The molecule has 30 heavy (non-hydrogen) atoms. The Hall–Kier alpha value is -2.56. The summed E-state index contributed by atoms with van der Waals surface area (Å²) in [6, 6.07) is 7.88. The molecule has 1 saturated heterocycles. The lowest BCUT2D eigenvalue weighted by molar-refractivity contribution is 0.117. The number of nitriles is 1. The molecular formula is C23H33N7. The van der Waals surface area contributed by atoms with E-state index in [1.165, 1.54) is 6.42 Å². The highest BCUT2D eigenvalue weighted by molar-refractivity contribution is 5.52. The third kappa shape index (κ3) is 5.74. The molecule has 1 fully saturated rings. The van der Waals surface area contributed by atoms with Crippen molar-refractivity contribution in [2.24, 2.45) is 5.41 Å².